The lowest BCUT2D eigenvalue weighted by atomic mass is 10.0. The van der Waals surface area contributed by atoms with E-state index in [4.69, 9.17) is 0 Å². The monoisotopic (exact) mass is 235 g/mol. The fraction of sp³-hybridized carbons (Fsp3) is 0.600. The molecule has 2 atom stereocenters. The molecule has 2 nitrogen and oxygen atoms in total. The van der Waals surface area contributed by atoms with Gasteiger partial charge in [0.25, 0.3) is 0 Å². The fourth-order valence-electron chi connectivity index (χ4n) is 1.89. The second-order valence-electron chi connectivity index (χ2n) is 4.81. The Kier molecular flexibility index (Phi) is 6.23. The third-order valence-electron chi connectivity index (χ3n) is 3.03. The molecule has 0 aromatic heterocycles. The molecule has 0 heterocycles. The predicted molar refractivity (Wildman–Crippen MR) is 73.2 cm³/mol. The zero-order valence-electron chi connectivity index (χ0n) is 11.2. The quantitative estimate of drug-likeness (QED) is 0.761. The van der Waals surface area contributed by atoms with Crippen molar-refractivity contribution in [1.29, 1.82) is 0 Å². The Bertz CT molecular complexity index is 305. The van der Waals surface area contributed by atoms with Gasteiger partial charge in [0.15, 0.2) is 0 Å². The van der Waals surface area contributed by atoms with Gasteiger partial charge < -0.3 is 10.4 Å². The molecule has 0 amide bonds. The first-order valence-electron chi connectivity index (χ1n) is 6.63. The zero-order valence-corrected chi connectivity index (χ0v) is 11.2. The summed E-state index contributed by atoms with van der Waals surface area (Å²) in [5.74, 6) is 0. The van der Waals surface area contributed by atoms with Crippen LogP contribution in [0.3, 0.4) is 0 Å². The summed E-state index contributed by atoms with van der Waals surface area (Å²) < 4.78 is 0. The van der Waals surface area contributed by atoms with Crippen molar-refractivity contribution in [3.8, 4) is 0 Å². The van der Waals surface area contributed by atoms with E-state index in [0.717, 1.165) is 19.4 Å². The van der Waals surface area contributed by atoms with E-state index in [-0.39, 0.29) is 6.10 Å². The third-order valence-corrected chi connectivity index (χ3v) is 3.03. The van der Waals surface area contributed by atoms with Gasteiger partial charge in [0.2, 0.25) is 0 Å². The van der Waals surface area contributed by atoms with Gasteiger partial charge in [-0.1, -0.05) is 37.6 Å². The van der Waals surface area contributed by atoms with Crippen molar-refractivity contribution in [3.63, 3.8) is 0 Å². The molecule has 96 valence electrons. The van der Waals surface area contributed by atoms with Gasteiger partial charge in [-0.25, -0.2) is 0 Å². The molecule has 0 spiro atoms. The van der Waals surface area contributed by atoms with E-state index >= 15 is 0 Å². The lowest BCUT2D eigenvalue weighted by Crippen LogP contribution is -2.22. The summed E-state index contributed by atoms with van der Waals surface area (Å²) in [7, 11) is 0. The van der Waals surface area contributed by atoms with E-state index in [9.17, 15) is 5.11 Å². The number of aliphatic hydroxyl groups is 1. The standard InChI is InChI=1S/C15H25NO/c1-4-5-14-6-8-15(9-7-14)13(3)16-11-10-12(2)17/h6-9,12-13,16-17H,4-5,10-11H2,1-3H3. The molecular weight excluding hydrogens is 210 g/mol. The first kappa shape index (κ1) is 14.2. The molecule has 17 heavy (non-hydrogen) atoms. The molecule has 0 saturated heterocycles. The molecule has 0 fully saturated rings. The van der Waals surface area contributed by atoms with E-state index in [0.29, 0.717) is 6.04 Å². The van der Waals surface area contributed by atoms with Crippen LogP contribution >= 0.6 is 0 Å². The van der Waals surface area contributed by atoms with E-state index < -0.39 is 0 Å². The summed E-state index contributed by atoms with van der Waals surface area (Å²) in [4.78, 5) is 0. The van der Waals surface area contributed by atoms with Gasteiger partial charge in [-0.15, -0.1) is 0 Å². The second-order valence-corrected chi connectivity index (χ2v) is 4.81. The summed E-state index contributed by atoms with van der Waals surface area (Å²) in [6, 6.07) is 9.18. The highest BCUT2D eigenvalue weighted by atomic mass is 16.3. The Morgan fingerprint density at radius 1 is 1.18 bits per heavy atom. The average Bonchev–Trinajstić information content (AvgIpc) is 2.30. The summed E-state index contributed by atoms with van der Waals surface area (Å²) >= 11 is 0. The Labute approximate surface area is 105 Å². The number of hydrogen-bond acceptors (Lipinski definition) is 2. The van der Waals surface area contributed by atoms with Crippen molar-refractivity contribution < 1.29 is 5.11 Å². The molecule has 1 aromatic rings. The molecule has 0 radical (unpaired) electrons. The summed E-state index contributed by atoms with van der Waals surface area (Å²) in [5, 5.41) is 12.6. The van der Waals surface area contributed by atoms with Gasteiger partial charge in [-0.05, 0) is 44.4 Å². The summed E-state index contributed by atoms with van der Waals surface area (Å²) in [5.41, 5.74) is 2.72. The van der Waals surface area contributed by atoms with Gasteiger partial charge >= 0.3 is 0 Å². The Balaban J connectivity index is 2.43. The Morgan fingerprint density at radius 3 is 2.35 bits per heavy atom. The molecule has 0 bridgehead atoms. The van der Waals surface area contributed by atoms with Crippen LogP contribution in [0.4, 0.5) is 0 Å². The molecule has 0 saturated carbocycles. The van der Waals surface area contributed by atoms with Gasteiger partial charge in [0.1, 0.15) is 0 Å². The molecule has 0 aliphatic rings. The van der Waals surface area contributed by atoms with E-state index in [1.54, 1.807) is 0 Å². The predicted octanol–water partition coefficient (Wildman–Crippen LogP) is 3.06. The molecule has 2 unspecified atom stereocenters. The first-order chi connectivity index (χ1) is 8.13. The zero-order chi connectivity index (χ0) is 12.7. The van der Waals surface area contributed by atoms with E-state index in [1.165, 1.54) is 17.5 Å². The van der Waals surface area contributed by atoms with Crippen LogP contribution < -0.4 is 5.32 Å². The summed E-state index contributed by atoms with van der Waals surface area (Å²) in [6.07, 6.45) is 2.94. The highest BCUT2D eigenvalue weighted by Gasteiger charge is 2.04. The Hall–Kier alpha value is -0.860. The van der Waals surface area contributed by atoms with Crippen LogP contribution in [0.2, 0.25) is 0 Å². The van der Waals surface area contributed by atoms with Crippen LogP contribution in [0.25, 0.3) is 0 Å². The number of rotatable bonds is 7. The van der Waals surface area contributed by atoms with Crippen LogP contribution in [-0.2, 0) is 6.42 Å². The second kappa shape index (κ2) is 7.46. The third kappa shape index (κ3) is 5.33. The molecule has 1 aromatic carbocycles. The van der Waals surface area contributed by atoms with Crippen molar-refractivity contribution in [2.24, 2.45) is 0 Å². The first-order valence-corrected chi connectivity index (χ1v) is 6.63. The van der Waals surface area contributed by atoms with Crippen molar-refractivity contribution in [3.05, 3.63) is 35.4 Å². The normalized spacial score (nSPS) is 14.6. The fourth-order valence-corrected chi connectivity index (χ4v) is 1.89. The highest BCUT2D eigenvalue weighted by Crippen LogP contribution is 2.14. The van der Waals surface area contributed by atoms with Crippen molar-refractivity contribution >= 4 is 0 Å². The minimum absolute atomic E-state index is 0.221. The van der Waals surface area contributed by atoms with Crippen molar-refractivity contribution in [2.45, 2.75) is 52.2 Å². The molecule has 1 rings (SSSR count). The maximum atomic E-state index is 9.19. The van der Waals surface area contributed by atoms with Crippen LogP contribution in [0.1, 0.15) is 50.8 Å². The molecular formula is C15H25NO. The van der Waals surface area contributed by atoms with E-state index in [2.05, 4.69) is 43.4 Å². The lowest BCUT2D eigenvalue weighted by molar-refractivity contribution is 0.182. The van der Waals surface area contributed by atoms with Crippen LogP contribution in [0.15, 0.2) is 24.3 Å². The highest BCUT2D eigenvalue weighted by molar-refractivity contribution is 5.24. The maximum Gasteiger partial charge on any atom is 0.0524 e. The van der Waals surface area contributed by atoms with Gasteiger partial charge in [0.05, 0.1) is 6.10 Å². The minimum atomic E-state index is -0.221. The van der Waals surface area contributed by atoms with Crippen molar-refractivity contribution in [1.82, 2.24) is 5.32 Å². The van der Waals surface area contributed by atoms with E-state index in [1.807, 2.05) is 6.92 Å². The molecule has 0 aliphatic carbocycles. The van der Waals surface area contributed by atoms with Crippen LogP contribution in [-0.4, -0.2) is 17.8 Å². The van der Waals surface area contributed by atoms with Gasteiger partial charge in [-0.3, -0.25) is 0 Å². The number of nitrogens with one attached hydrogen (secondary N) is 1. The Morgan fingerprint density at radius 2 is 1.82 bits per heavy atom. The summed E-state index contributed by atoms with van der Waals surface area (Å²) in [6.45, 7) is 7.05. The van der Waals surface area contributed by atoms with Crippen molar-refractivity contribution in [2.75, 3.05) is 6.54 Å². The SMILES string of the molecule is CCCc1ccc(C(C)NCCC(C)O)cc1. The topological polar surface area (TPSA) is 32.3 Å². The van der Waals surface area contributed by atoms with Crippen LogP contribution in [0.5, 0.6) is 0 Å². The van der Waals surface area contributed by atoms with Gasteiger partial charge in [0, 0.05) is 6.04 Å². The molecule has 2 heteroatoms. The number of aliphatic hydroxyl groups excluding tert-OH is 1. The molecule has 2 N–H and O–H groups in total. The number of benzene rings is 1. The van der Waals surface area contributed by atoms with Crippen LogP contribution in [0, 0.1) is 0 Å². The number of aryl methyl sites for hydroxylation is 1. The van der Waals surface area contributed by atoms with Gasteiger partial charge in [-0.2, -0.15) is 0 Å². The average molecular weight is 235 g/mol. The minimum Gasteiger partial charge on any atom is -0.393 e. The maximum absolute atomic E-state index is 9.19. The smallest absolute Gasteiger partial charge is 0.0524 e. The lowest BCUT2D eigenvalue weighted by Gasteiger charge is -2.15. The number of hydrogen-bond donors (Lipinski definition) is 2. The largest absolute Gasteiger partial charge is 0.393 e. The molecule has 0 aliphatic heterocycles.